The van der Waals surface area contributed by atoms with Crippen LogP contribution in [-0.2, 0) is 25.5 Å². The molecule has 4 aliphatic rings. The second-order valence-electron chi connectivity index (χ2n) is 12.4. The third-order valence-electron chi connectivity index (χ3n) is 9.04. The number of pyridine rings is 1. The highest BCUT2D eigenvalue weighted by molar-refractivity contribution is 8.00. The zero-order valence-electron chi connectivity index (χ0n) is 26.0. The Balaban J connectivity index is 0.994. The number of aromatic carboxylic acids is 1. The number of carbonyl (C=O) groups is 5. The number of anilines is 1. The maximum atomic E-state index is 15.5. The van der Waals surface area contributed by atoms with E-state index in [0.29, 0.717) is 13.0 Å². The van der Waals surface area contributed by atoms with E-state index in [2.05, 4.69) is 10.6 Å². The average Bonchev–Trinajstić information content (AvgIpc) is 3.60. The molecule has 3 atom stereocenters. The first-order valence-electron chi connectivity index (χ1n) is 15.6. The number of amides is 3. The van der Waals surface area contributed by atoms with Gasteiger partial charge in [-0.25, -0.2) is 18.8 Å². The van der Waals surface area contributed by atoms with Gasteiger partial charge in [-0.15, -0.1) is 23.1 Å². The summed E-state index contributed by atoms with van der Waals surface area (Å²) in [5, 5.41) is 25.9. The number of nitrogens with one attached hydrogen (secondary N) is 2. The molecule has 50 heavy (non-hydrogen) atoms. The lowest BCUT2D eigenvalue weighted by molar-refractivity contribution is -0.150. The number of carboxylic acids is 2. The number of fused-ring (bicyclic) bond motifs is 2. The van der Waals surface area contributed by atoms with Gasteiger partial charge in [-0.2, -0.15) is 0 Å². The van der Waals surface area contributed by atoms with Crippen molar-refractivity contribution in [3.05, 3.63) is 72.5 Å². The first-order chi connectivity index (χ1) is 23.9. The van der Waals surface area contributed by atoms with Gasteiger partial charge in [-0.1, -0.05) is 17.7 Å². The molecule has 0 spiro atoms. The van der Waals surface area contributed by atoms with Crippen molar-refractivity contribution in [2.75, 3.05) is 30.3 Å². The Kier molecular flexibility index (Phi) is 8.98. The van der Waals surface area contributed by atoms with E-state index >= 15 is 4.39 Å². The SMILES string of the molecule is O=C(Cc1cccs1)NC1C(=O)N2C(C(=O)O)=C(COC(=O)NC3CCN(c4c(F)cc5c(=O)c(C(=O)O)cn(C6CC6)c5c4Cl)C3)CSC12. The molecule has 18 heteroatoms. The Hall–Kier alpha value is -4.61. The Morgan fingerprint density at radius 3 is 2.56 bits per heavy atom. The number of hydrogen-bond donors (Lipinski definition) is 4. The van der Waals surface area contributed by atoms with E-state index in [1.165, 1.54) is 29.3 Å². The number of aliphatic carboxylic acids is 1. The van der Waals surface area contributed by atoms with Gasteiger partial charge in [0.2, 0.25) is 11.3 Å². The van der Waals surface area contributed by atoms with E-state index < -0.39 is 64.8 Å². The average molecular weight is 746 g/mol. The normalized spacial score (nSPS) is 21.6. The minimum absolute atomic E-state index is 0.0268. The molecule has 0 bridgehead atoms. The number of rotatable bonds is 10. The van der Waals surface area contributed by atoms with Crippen LogP contribution in [0.4, 0.5) is 14.9 Å². The van der Waals surface area contributed by atoms with Gasteiger partial charge in [0.05, 0.1) is 34.1 Å². The Labute approximate surface area is 295 Å². The smallest absolute Gasteiger partial charge is 0.407 e. The summed E-state index contributed by atoms with van der Waals surface area (Å²) in [6.07, 6.45) is 2.41. The van der Waals surface area contributed by atoms with Crippen molar-refractivity contribution in [3.8, 4) is 0 Å². The van der Waals surface area contributed by atoms with Crippen LogP contribution in [0, 0.1) is 5.82 Å². The lowest BCUT2D eigenvalue weighted by Gasteiger charge is -2.49. The van der Waals surface area contributed by atoms with Crippen LogP contribution in [0.25, 0.3) is 10.9 Å². The number of ether oxygens (including phenoxy) is 1. The van der Waals surface area contributed by atoms with E-state index in [4.69, 9.17) is 16.3 Å². The number of β-lactam (4-membered cyclic amide) rings is 1. The zero-order chi connectivity index (χ0) is 35.4. The van der Waals surface area contributed by atoms with Crippen LogP contribution in [0.15, 0.2) is 45.8 Å². The predicted molar refractivity (Wildman–Crippen MR) is 181 cm³/mol. The number of alkyl carbamates (subject to hydrolysis) is 1. The molecule has 262 valence electrons. The second kappa shape index (κ2) is 13.3. The summed E-state index contributed by atoms with van der Waals surface area (Å²) < 4.78 is 22.5. The molecule has 3 amide bonds. The number of thiophene rings is 1. The summed E-state index contributed by atoms with van der Waals surface area (Å²) in [4.78, 5) is 78.6. The molecular formula is C32H29ClFN5O9S2. The fourth-order valence-corrected chi connectivity index (χ4v) is 8.99. The third-order valence-corrected chi connectivity index (χ3v) is 11.6. The number of carboxylic acid groups (broad SMARTS) is 2. The second-order valence-corrected chi connectivity index (χ2v) is 14.9. The van der Waals surface area contributed by atoms with Crippen molar-refractivity contribution in [1.29, 1.82) is 0 Å². The Bertz CT molecular complexity index is 2050. The van der Waals surface area contributed by atoms with Crippen molar-refractivity contribution in [3.63, 3.8) is 0 Å². The van der Waals surface area contributed by atoms with Crippen LogP contribution in [-0.4, -0.2) is 92.4 Å². The summed E-state index contributed by atoms with van der Waals surface area (Å²) in [6, 6.07) is 3.19. The highest BCUT2D eigenvalue weighted by atomic mass is 35.5. The minimum atomic E-state index is -1.41. The maximum Gasteiger partial charge on any atom is 0.407 e. The standard InChI is InChI=1S/C32H29ClFN5O9S2/c33-22-25-18(27(41)19(30(43)44)11-38(25)16-3-4-16)9-20(34)26(22)37-6-5-15(10-37)35-32(47)48-12-14-13-50-29-23(28(42)39(29)24(14)31(45)46)36-21(40)8-17-2-1-7-49-17/h1-2,7,9,11,15-16,23,29H,3-6,8,10,12-13H2,(H,35,47)(H,36,40)(H,43,44)(H,45,46). The minimum Gasteiger partial charge on any atom is -0.477 e. The van der Waals surface area contributed by atoms with Crippen LogP contribution >= 0.6 is 34.7 Å². The van der Waals surface area contributed by atoms with Crippen LogP contribution < -0.4 is 21.0 Å². The molecule has 3 aliphatic heterocycles. The Morgan fingerprint density at radius 2 is 1.88 bits per heavy atom. The van der Waals surface area contributed by atoms with Gasteiger partial charge in [0.25, 0.3) is 5.91 Å². The van der Waals surface area contributed by atoms with Gasteiger partial charge in [-0.05, 0) is 36.8 Å². The monoisotopic (exact) mass is 745 g/mol. The largest absolute Gasteiger partial charge is 0.477 e. The molecule has 1 aliphatic carbocycles. The highest BCUT2D eigenvalue weighted by Gasteiger charge is 2.54. The molecule has 3 fully saturated rings. The molecule has 7 rings (SSSR count). The number of thioether (sulfide) groups is 1. The summed E-state index contributed by atoms with van der Waals surface area (Å²) in [5.41, 5.74) is -1.09. The zero-order valence-corrected chi connectivity index (χ0v) is 28.4. The molecule has 3 unspecified atom stereocenters. The molecule has 5 heterocycles. The highest BCUT2D eigenvalue weighted by Crippen LogP contribution is 2.43. The summed E-state index contributed by atoms with van der Waals surface area (Å²) in [5.74, 6) is -4.35. The van der Waals surface area contributed by atoms with Gasteiger partial charge in [0, 0.05) is 41.5 Å². The number of halogens is 2. The fourth-order valence-electron chi connectivity index (χ4n) is 6.55. The van der Waals surface area contributed by atoms with E-state index in [0.717, 1.165) is 28.7 Å². The maximum absolute atomic E-state index is 15.5. The van der Waals surface area contributed by atoms with Gasteiger partial charge >= 0.3 is 18.0 Å². The van der Waals surface area contributed by atoms with Crippen molar-refractivity contribution in [2.24, 2.45) is 0 Å². The molecule has 4 N–H and O–H groups in total. The van der Waals surface area contributed by atoms with Crippen LogP contribution in [0.3, 0.4) is 0 Å². The van der Waals surface area contributed by atoms with E-state index in [-0.39, 0.29) is 63.6 Å². The molecule has 14 nitrogen and oxygen atoms in total. The van der Waals surface area contributed by atoms with Gasteiger partial charge in [-0.3, -0.25) is 19.3 Å². The Morgan fingerprint density at radius 1 is 1.10 bits per heavy atom. The van der Waals surface area contributed by atoms with E-state index in [9.17, 15) is 39.0 Å². The van der Waals surface area contributed by atoms with Crippen molar-refractivity contribution >= 4 is 81.1 Å². The van der Waals surface area contributed by atoms with E-state index in [1.807, 2.05) is 11.4 Å². The van der Waals surface area contributed by atoms with E-state index in [1.54, 1.807) is 15.5 Å². The molecule has 1 saturated carbocycles. The van der Waals surface area contributed by atoms with Gasteiger partial charge in [0.1, 0.15) is 35.1 Å². The third kappa shape index (κ3) is 6.17. The molecule has 2 aromatic heterocycles. The van der Waals surface area contributed by atoms with Crippen molar-refractivity contribution in [2.45, 2.75) is 49.2 Å². The van der Waals surface area contributed by atoms with Crippen LogP contribution in [0.5, 0.6) is 0 Å². The lowest BCUT2D eigenvalue weighted by atomic mass is 10.0. The number of hydrogen-bond acceptors (Lipinski definition) is 10. The van der Waals surface area contributed by atoms with Crippen LogP contribution in [0.1, 0.15) is 40.5 Å². The molecule has 0 radical (unpaired) electrons. The molecule has 3 aromatic rings. The molecule has 1 aromatic carbocycles. The predicted octanol–water partition coefficient (Wildman–Crippen LogP) is 3.17. The van der Waals surface area contributed by atoms with Gasteiger partial charge < -0.3 is 35.1 Å². The van der Waals surface area contributed by atoms with Crippen molar-refractivity contribution < 1.29 is 43.3 Å². The van der Waals surface area contributed by atoms with Crippen molar-refractivity contribution in [1.82, 2.24) is 20.1 Å². The number of aromatic nitrogens is 1. The number of carbonyl (C=O) groups excluding carboxylic acids is 3. The lowest BCUT2D eigenvalue weighted by Crippen LogP contribution is -2.70. The summed E-state index contributed by atoms with van der Waals surface area (Å²) in [6.45, 7) is 0.0357. The van der Waals surface area contributed by atoms with Crippen LogP contribution in [0.2, 0.25) is 5.02 Å². The number of benzene rings is 1. The topological polar surface area (TPSA) is 188 Å². The summed E-state index contributed by atoms with van der Waals surface area (Å²) in [7, 11) is 0. The fraction of sp³-hybridized carbons (Fsp3) is 0.375. The molecule has 2 saturated heterocycles. The van der Waals surface area contributed by atoms with Gasteiger partial charge in [0.15, 0.2) is 0 Å². The number of nitrogens with zero attached hydrogens (tertiary/aromatic N) is 3. The first kappa shape index (κ1) is 33.9. The summed E-state index contributed by atoms with van der Waals surface area (Å²) >= 11 is 9.40. The molecular weight excluding hydrogens is 717 g/mol. The quantitative estimate of drug-likeness (QED) is 0.223. The first-order valence-corrected chi connectivity index (χ1v) is 17.9.